The van der Waals surface area contributed by atoms with Gasteiger partial charge >= 0.3 is 0 Å². The zero-order chi connectivity index (χ0) is 16.1. The predicted molar refractivity (Wildman–Crippen MR) is 94.4 cm³/mol. The molecule has 4 nitrogen and oxygen atoms in total. The number of hydrogen-bond acceptors (Lipinski definition) is 3. The number of nitrogens with one attached hydrogen (secondary N) is 1. The van der Waals surface area contributed by atoms with Crippen molar-refractivity contribution in [2.24, 2.45) is 11.8 Å². The van der Waals surface area contributed by atoms with Crippen molar-refractivity contribution in [3.8, 4) is 0 Å². The first-order valence-corrected chi connectivity index (χ1v) is 9.92. The summed E-state index contributed by atoms with van der Waals surface area (Å²) in [6, 6.07) is 0.610. The van der Waals surface area contributed by atoms with E-state index in [1.54, 1.807) is 0 Å². The quantitative estimate of drug-likeness (QED) is 0.816. The summed E-state index contributed by atoms with van der Waals surface area (Å²) < 4.78 is 0. The van der Waals surface area contributed by atoms with Crippen LogP contribution in [0.3, 0.4) is 0 Å². The highest BCUT2D eigenvalue weighted by Gasteiger charge is 2.26. The number of amides is 1. The number of likely N-dealkylation sites (tertiary alicyclic amines) is 2. The van der Waals surface area contributed by atoms with Crippen LogP contribution >= 0.6 is 0 Å². The topological polar surface area (TPSA) is 35.6 Å². The standard InChI is InChI=1S/C19H35N3O/c1-20-18-9-13-22(14-10-18)19(23)6-5-16-7-11-21(12-8-16)15-17-3-2-4-17/h16-18,20H,2-15H2,1H3. The van der Waals surface area contributed by atoms with Gasteiger partial charge in [-0.15, -0.1) is 0 Å². The summed E-state index contributed by atoms with van der Waals surface area (Å²) in [7, 11) is 2.03. The van der Waals surface area contributed by atoms with Gasteiger partial charge in [-0.25, -0.2) is 0 Å². The summed E-state index contributed by atoms with van der Waals surface area (Å²) in [4.78, 5) is 17.2. The molecule has 0 aromatic carbocycles. The molecule has 3 aliphatic rings. The molecular formula is C19H35N3O. The molecule has 2 heterocycles. The van der Waals surface area contributed by atoms with Crippen LogP contribution in [-0.4, -0.2) is 61.5 Å². The third-order valence-corrected chi connectivity index (χ3v) is 6.47. The van der Waals surface area contributed by atoms with Crippen LogP contribution < -0.4 is 5.32 Å². The van der Waals surface area contributed by atoms with Gasteiger partial charge in [-0.05, 0) is 76.9 Å². The minimum absolute atomic E-state index is 0.399. The third-order valence-electron chi connectivity index (χ3n) is 6.47. The maximum Gasteiger partial charge on any atom is 0.222 e. The van der Waals surface area contributed by atoms with E-state index in [0.29, 0.717) is 11.9 Å². The van der Waals surface area contributed by atoms with Crippen molar-refractivity contribution in [1.29, 1.82) is 0 Å². The zero-order valence-electron chi connectivity index (χ0n) is 14.9. The Hall–Kier alpha value is -0.610. The van der Waals surface area contributed by atoms with E-state index in [-0.39, 0.29) is 0 Å². The van der Waals surface area contributed by atoms with Crippen LogP contribution in [0.1, 0.15) is 57.8 Å². The van der Waals surface area contributed by atoms with Gasteiger partial charge in [0.1, 0.15) is 0 Å². The van der Waals surface area contributed by atoms with Crippen LogP contribution in [0, 0.1) is 11.8 Å². The lowest BCUT2D eigenvalue weighted by atomic mass is 9.84. The van der Waals surface area contributed by atoms with E-state index in [0.717, 1.165) is 50.6 Å². The van der Waals surface area contributed by atoms with Crippen molar-refractivity contribution < 1.29 is 4.79 Å². The van der Waals surface area contributed by atoms with Gasteiger partial charge in [0.05, 0.1) is 0 Å². The molecule has 0 spiro atoms. The van der Waals surface area contributed by atoms with E-state index < -0.39 is 0 Å². The smallest absolute Gasteiger partial charge is 0.222 e. The molecule has 1 aliphatic carbocycles. The highest BCUT2D eigenvalue weighted by Crippen LogP contribution is 2.29. The highest BCUT2D eigenvalue weighted by molar-refractivity contribution is 5.76. The average molecular weight is 322 g/mol. The maximum absolute atomic E-state index is 12.4. The first-order valence-electron chi connectivity index (χ1n) is 9.92. The molecule has 4 heteroatoms. The third kappa shape index (κ3) is 4.93. The highest BCUT2D eigenvalue weighted by atomic mass is 16.2. The van der Waals surface area contributed by atoms with Crippen LogP contribution in [0.15, 0.2) is 0 Å². The van der Waals surface area contributed by atoms with Crippen molar-refractivity contribution >= 4 is 5.91 Å². The largest absolute Gasteiger partial charge is 0.343 e. The molecular weight excluding hydrogens is 286 g/mol. The molecule has 132 valence electrons. The molecule has 0 aromatic heterocycles. The summed E-state index contributed by atoms with van der Waals surface area (Å²) in [6.07, 6.45) is 11.1. The maximum atomic E-state index is 12.4. The predicted octanol–water partition coefficient (Wildman–Crippen LogP) is 2.49. The number of nitrogens with zero attached hydrogens (tertiary/aromatic N) is 2. The second kappa shape index (κ2) is 8.48. The fourth-order valence-electron chi connectivity index (χ4n) is 4.40. The van der Waals surface area contributed by atoms with Crippen LogP contribution in [0.25, 0.3) is 0 Å². The summed E-state index contributed by atoms with van der Waals surface area (Å²) in [5.74, 6) is 2.18. The summed E-state index contributed by atoms with van der Waals surface area (Å²) in [6.45, 7) is 5.77. The van der Waals surface area contributed by atoms with Crippen molar-refractivity contribution in [3.05, 3.63) is 0 Å². The average Bonchev–Trinajstić information content (AvgIpc) is 2.57. The van der Waals surface area contributed by atoms with Crippen LogP contribution in [0.4, 0.5) is 0 Å². The monoisotopic (exact) mass is 321 g/mol. The summed E-state index contributed by atoms with van der Waals surface area (Å²) in [5.41, 5.74) is 0. The Kier molecular flexibility index (Phi) is 6.35. The number of hydrogen-bond donors (Lipinski definition) is 1. The molecule has 23 heavy (non-hydrogen) atoms. The van der Waals surface area contributed by atoms with E-state index in [1.165, 1.54) is 51.7 Å². The fraction of sp³-hybridized carbons (Fsp3) is 0.947. The van der Waals surface area contributed by atoms with Gasteiger partial charge in [-0.1, -0.05) is 6.42 Å². The van der Waals surface area contributed by atoms with Gasteiger partial charge in [0, 0.05) is 32.1 Å². The van der Waals surface area contributed by atoms with Crippen molar-refractivity contribution in [2.75, 3.05) is 39.8 Å². The fourth-order valence-corrected chi connectivity index (χ4v) is 4.40. The second-order valence-electron chi connectivity index (χ2n) is 8.02. The molecule has 0 atom stereocenters. The Morgan fingerprint density at radius 2 is 1.65 bits per heavy atom. The second-order valence-corrected chi connectivity index (χ2v) is 8.02. The molecule has 0 aromatic rings. The number of carbonyl (C=O) groups excluding carboxylic acids is 1. The summed E-state index contributed by atoms with van der Waals surface area (Å²) in [5, 5.41) is 3.33. The normalized spacial score (nSPS) is 25.5. The van der Waals surface area contributed by atoms with Gasteiger partial charge in [0.25, 0.3) is 0 Å². The van der Waals surface area contributed by atoms with Crippen molar-refractivity contribution in [2.45, 2.75) is 63.8 Å². The Morgan fingerprint density at radius 3 is 2.22 bits per heavy atom. The molecule has 0 unspecified atom stereocenters. The number of piperidine rings is 2. The van der Waals surface area contributed by atoms with Crippen LogP contribution in [-0.2, 0) is 4.79 Å². The van der Waals surface area contributed by atoms with E-state index in [9.17, 15) is 4.79 Å². The SMILES string of the molecule is CNC1CCN(C(=O)CCC2CCN(CC3CCC3)CC2)CC1. The Balaban J connectivity index is 1.29. The van der Waals surface area contributed by atoms with E-state index in [4.69, 9.17) is 0 Å². The van der Waals surface area contributed by atoms with E-state index in [2.05, 4.69) is 15.1 Å². The molecule has 3 rings (SSSR count). The first kappa shape index (κ1) is 17.2. The van der Waals surface area contributed by atoms with Gasteiger partial charge in [-0.3, -0.25) is 4.79 Å². The van der Waals surface area contributed by atoms with Gasteiger partial charge in [0.15, 0.2) is 0 Å². The number of rotatable bonds is 6. The Bertz CT molecular complexity index is 367. The van der Waals surface area contributed by atoms with Crippen LogP contribution in [0.5, 0.6) is 0 Å². The van der Waals surface area contributed by atoms with Gasteiger partial charge in [-0.2, -0.15) is 0 Å². The minimum Gasteiger partial charge on any atom is -0.343 e. The minimum atomic E-state index is 0.399. The lowest BCUT2D eigenvalue weighted by molar-refractivity contribution is -0.132. The lowest BCUT2D eigenvalue weighted by Crippen LogP contribution is -2.44. The molecule has 0 bridgehead atoms. The van der Waals surface area contributed by atoms with Crippen molar-refractivity contribution in [1.82, 2.24) is 15.1 Å². The summed E-state index contributed by atoms with van der Waals surface area (Å²) >= 11 is 0. The molecule has 1 N–H and O–H groups in total. The van der Waals surface area contributed by atoms with Gasteiger partial charge in [0.2, 0.25) is 5.91 Å². The molecule has 1 amide bonds. The first-order chi connectivity index (χ1) is 11.2. The molecule has 3 fully saturated rings. The number of carbonyl (C=O) groups is 1. The molecule has 2 saturated heterocycles. The molecule has 1 saturated carbocycles. The van der Waals surface area contributed by atoms with E-state index in [1.807, 2.05) is 7.05 Å². The Labute approximate surface area is 142 Å². The molecule has 2 aliphatic heterocycles. The van der Waals surface area contributed by atoms with Gasteiger partial charge < -0.3 is 15.1 Å². The molecule has 0 radical (unpaired) electrons. The van der Waals surface area contributed by atoms with Crippen LogP contribution in [0.2, 0.25) is 0 Å². The van der Waals surface area contributed by atoms with Crippen molar-refractivity contribution in [3.63, 3.8) is 0 Å². The lowest BCUT2D eigenvalue weighted by Gasteiger charge is -2.37. The van der Waals surface area contributed by atoms with E-state index >= 15 is 0 Å². The zero-order valence-corrected chi connectivity index (χ0v) is 14.9. The Morgan fingerprint density at radius 1 is 0.957 bits per heavy atom.